The lowest BCUT2D eigenvalue weighted by atomic mass is 9.99. The first-order valence-electron chi connectivity index (χ1n) is 8.21. The number of carbonyl (C=O) groups is 1. The molecule has 1 aliphatic carbocycles. The van der Waals surface area contributed by atoms with E-state index in [0.29, 0.717) is 6.54 Å². The number of nitrogens with zero attached hydrogens (tertiary/aromatic N) is 1. The maximum atomic E-state index is 12.6. The van der Waals surface area contributed by atoms with E-state index in [1.165, 1.54) is 18.4 Å². The smallest absolute Gasteiger partial charge is 0.415 e. The van der Waals surface area contributed by atoms with Gasteiger partial charge in [-0.2, -0.15) is 0 Å². The summed E-state index contributed by atoms with van der Waals surface area (Å²) in [5.74, 6) is 0.773. The molecule has 1 amide bonds. The summed E-state index contributed by atoms with van der Waals surface area (Å²) in [6.45, 7) is 6.24. The van der Waals surface area contributed by atoms with Crippen LogP contribution >= 0.6 is 0 Å². The number of amides is 1. The van der Waals surface area contributed by atoms with Gasteiger partial charge in [0.25, 0.3) is 0 Å². The van der Waals surface area contributed by atoms with Gasteiger partial charge in [0.15, 0.2) is 0 Å². The molecule has 0 saturated heterocycles. The summed E-state index contributed by atoms with van der Waals surface area (Å²) in [5.41, 5.74) is 1.62. The van der Waals surface area contributed by atoms with Crippen molar-refractivity contribution in [3.05, 3.63) is 35.9 Å². The van der Waals surface area contributed by atoms with Crippen LogP contribution < -0.4 is 9.64 Å². The Kier molecular flexibility index (Phi) is 5.69. The Labute approximate surface area is 139 Å². The number of carbonyl (C=O) groups excluding carboxylic acids is 1. The van der Waals surface area contributed by atoms with Gasteiger partial charge in [0.2, 0.25) is 0 Å². The van der Waals surface area contributed by atoms with Gasteiger partial charge in [-0.25, -0.2) is 4.79 Å². The number of anilines is 1. The summed E-state index contributed by atoms with van der Waals surface area (Å²) in [6.07, 6.45) is 6.52. The second kappa shape index (κ2) is 7.53. The molecule has 0 spiro atoms. The molecule has 0 N–H and O–H groups in total. The molecule has 0 radical (unpaired) electrons. The van der Waals surface area contributed by atoms with Crippen molar-refractivity contribution in [2.24, 2.45) is 0 Å². The van der Waals surface area contributed by atoms with Gasteiger partial charge in [-0.3, -0.25) is 4.90 Å². The Morgan fingerprint density at radius 2 is 1.87 bits per heavy atom. The van der Waals surface area contributed by atoms with Crippen molar-refractivity contribution in [2.75, 3.05) is 18.6 Å². The quantitative estimate of drug-likeness (QED) is 0.739. The topological polar surface area (TPSA) is 38.8 Å². The molecule has 23 heavy (non-hydrogen) atoms. The summed E-state index contributed by atoms with van der Waals surface area (Å²) in [4.78, 5) is 14.3. The van der Waals surface area contributed by atoms with Gasteiger partial charge >= 0.3 is 6.09 Å². The van der Waals surface area contributed by atoms with Crippen LogP contribution in [0.2, 0.25) is 0 Å². The number of rotatable bonds is 4. The highest BCUT2D eigenvalue weighted by molar-refractivity contribution is 5.88. The van der Waals surface area contributed by atoms with Crippen LogP contribution in [0.3, 0.4) is 0 Å². The van der Waals surface area contributed by atoms with Crippen molar-refractivity contribution < 1.29 is 14.3 Å². The molecule has 1 aliphatic rings. The van der Waals surface area contributed by atoms with Crippen molar-refractivity contribution in [3.8, 4) is 5.75 Å². The summed E-state index contributed by atoms with van der Waals surface area (Å²) < 4.78 is 10.8. The normalized spacial score (nSPS) is 14.9. The van der Waals surface area contributed by atoms with E-state index in [9.17, 15) is 4.79 Å². The molecule has 0 aromatic heterocycles. The predicted molar refractivity (Wildman–Crippen MR) is 93.1 cm³/mol. The third-order valence-electron chi connectivity index (χ3n) is 3.74. The average molecular weight is 317 g/mol. The Balaban J connectivity index is 2.21. The van der Waals surface area contributed by atoms with Gasteiger partial charge in [0, 0.05) is 5.69 Å². The maximum absolute atomic E-state index is 12.6. The molecule has 0 fully saturated rings. The molecule has 0 heterocycles. The fourth-order valence-electron chi connectivity index (χ4n) is 2.59. The van der Waals surface area contributed by atoms with E-state index in [-0.39, 0.29) is 6.09 Å². The molecule has 0 bridgehead atoms. The zero-order valence-corrected chi connectivity index (χ0v) is 14.6. The average Bonchev–Trinajstić information content (AvgIpc) is 2.52. The van der Waals surface area contributed by atoms with Crippen molar-refractivity contribution >= 4 is 11.8 Å². The first-order valence-corrected chi connectivity index (χ1v) is 8.21. The van der Waals surface area contributed by atoms with Crippen LogP contribution in [0.1, 0.15) is 46.5 Å². The largest absolute Gasteiger partial charge is 0.497 e. The number of methoxy groups -OCH3 is 1. The third-order valence-corrected chi connectivity index (χ3v) is 3.74. The number of hydrogen-bond acceptors (Lipinski definition) is 3. The first-order chi connectivity index (χ1) is 10.9. The van der Waals surface area contributed by atoms with Crippen LogP contribution in [-0.4, -0.2) is 25.3 Å². The molecule has 0 unspecified atom stereocenters. The van der Waals surface area contributed by atoms with E-state index >= 15 is 0 Å². The number of hydrogen-bond donors (Lipinski definition) is 0. The van der Waals surface area contributed by atoms with Gasteiger partial charge in [-0.1, -0.05) is 11.6 Å². The molecular weight excluding hydrogens is 290 g/mol. The van der Waals surface area contributed by atoms with E-state index < -0.39 is 5.60 Å². The Bertz CT molecular complexity index is 555. The minimum atomic E-state index is -0.511. The van der Waals surface area contributed by atoms with Gasteiger partial charge in [-0.05, 0) is 70.7 Å². The third kappa shape index (κ3) is 5.31. The maximum Gasteiger partial charge on any atom is 0.415 e. The Hall–Kier alpha value is -1.97. The predicted octanol–water partition coefficient (Wildman–Crippen LogP) is 4.94. The van der Waals surface area contributed by atoms with Crippen LogP contribution in [0.5, 0.6) is 5.75 Å². The highest BCUT2D eigenvalue weighted by Gasteiger charge is 2.24. The summed E-state index contributed by atoms with van der Waals surface area (Å²) in [6, 6.07) is 7.52. The van der Waals surface area contributed by atoms with Crippen molar-refractivity contribution in [2.45, 2.75) is 52.1 Å². The van der Waals surface area contributed by atoms with E-state index in [0.717, 1.165) is 24.3 Å². The minimum Gasteiger partial charge on any atom is -0.497 e. The van der Waals surface area contributed by atoms with E-state index in [1.807, 2.05) is 45.0 Å². The lowest BCUT2D eigenvalue weighted by molar-refractivity contribution is 0.0583. The first kappa shape index (κ1) is 17.4. The Morgan fingerprint density at radius 1 is 1.17 bits per heavy atom. The standard InChI is InChI=1S/C19H27NO3/c1-19(2,3)23-18(21)20(14-15-8-6-5-7-9-15)16-10-12-17(22-4)13-11-16/h8,10-13H,5-7,9,14H2,1-4H3. The number of ether oxygens (including phenoxy) is 2. The second-order valence-corrected chi connectivity index (χ2v) is 6.87. The molecule has 126 valence electrons. The van der Waals surface area contributed by atoms with Gasteiger partial charge in [0.05, 0.1) is 13.7 Å². The van der Waals surface area contributed by atoms with Crippen molar-refractivity contribution in [1.82, 2.24) is 0 Å². The lowest BCUT2D eigenvalue weighted by Gasteiger charge is -2.29. The zero-order chi connectivity index (χ0) is 16.9. The lowest BCUT2D eigenvalue weighted by Crippen LogP contribution is -2.38. The van der Waals surface area contributed by atoms with Crippen molar-refractivity contribution in [1.29, 1.82) is 0 Å². The van der Waals surface area contributed by atoms with E-state index in [4.69, 9.17) is 9.47 Å². The monoisotopic (exact) mass is 317 g/mol. The second-order valence-electron chi connectivity index (χ2n) is 6.87. The number of allylic oxidation sites excluding steroid dienone is 1. The molecule has 0 aliphatic heterocycles. The molecule has 4 nitrogen and oxygen atoms in total. The summed E-state index contributed by atoms with van der Waals surface area (Å²) in [7, 11) is 1.63. The molecule has 1 aromatic rings. The molecule has 2 rings (SSSR count). The minimum absolute atomic E-state index is 0.311. The highest BCUT2D eigenvalue weighted by atomic mass is 16.6. The molecule has 0 atom stereocenters. The SMILES string of the molecule is COc1ccc(N(CC2=CCCCC2)C(=O)OC(C)(C)C)cc1. The molecular formula is C19H27NO3. The van der Waals surface area contributed by atoms with Crippen LogP contribution in [0.25, 0.3) is 0 Å². The van der Waals surface area contributed by atoms with E-state index in [1.54, 1.807) is 12.0 Å². The fraction of sp³-hybridized carbons (Fsp3) is 0.526. The van der Waals surface area contributed by atoms with Crippen molar-refractivity contribution in [3.63, 3.8) is 0 Å². The number of benzene rings is 1. The molecule has 0 saturated carbocycles. The fourth-order valence-corrected chi connectivity index (χ4v) is 2.59. The van der Waals surface area contributed by atoms with Gasteiger partial charge < -0.3 is 9.47 Å². The zero-order valence-electron chi connectivity index (χ0n) is 14.6. The highest BCUT2D eigenvalue weighted by Crippen LogP contribution is 2.25. The van der Waals surface area contributed by atoms with Gasteiger partial charge in [0.1, 0.15) is 11.4 Å². The van der Waals surface area contributed by atoms with Gasteiger partial charge in [-0.15, -0.1) is 0 Å². The van der Waals surface area contributed by atoms with Crippen LogP contribution in [-0.2, 0) is 4.74 Å². The van der Waals surface area contributed by atoms with E-state index in [2.05, 4.69) is 6.08 Å². The summed E-state index contributed by atoms with van der Waals surface area (Å²) in [5, 5.41) is 0. The molecule has 1 aromatic carbocycles. The van der Waals surface area contributed by atoms with Crippen LogP contribution in [0.4, 0.5) is 10.5 Å². The Morgan fingerprint density at radius 3 is 2.39 bits per heavy atom. The molecule has 4 heteroatoms. The van der Waals surface area contributed by atoms with Crippen LogP contribution in [0.15, 0.2) is 35.9 Å². The van der Waals surface area contributed by atoms with Crippen LogP contribution in [0, 0.1) is 0 Å². The summed E-state index contributed by atoms with van der Waals surface area (Å²) >= 11 is 0.